The lowest BCUT2D eigenvalue weighted by Gasteiger charge is -2.05. The molecule has 74 valence electrons. The van der Waals surface area contributed by atoms with Gasteiger partial charge in [-0.3, -0.25) is 4.98 Å². The van der Waals surface area contributed by atoms with E-state index in [-0.39, 0.29) is 0 Å². The quantitative estimate of drug-likeness (QED) is 0.677. The molecule has 0 spiro atoms. The molecule has 0 aliphatic rings. The molecule has 0 saturated carbocycles. The molecule has 4 nitrogen and oxygen atoms in total. The van der Waals surface area contributed by atoms with Crippen molar-refractivity contribution in [1.82, 2.24) is 4.98 Å². The van der Waals surface area contributed by atoms with E-state index in [1.807, 2.05) is 12.1 Å². The Kier molecular flexibility index (Phi) is 1.84. The predicted octanol–water partition coefficient (Wildman–Crippen LogP) is 1.83. The van der Waals surface area contributed by atoms with Gasteiger partial charge in [0.2, 0.25) is 0 Å². The standard InChI is InChI=1S/C10H12N2O2/c1-5(2)6-3-7(11)9-8(4-6)14-10(13)12-9/h3-5H,11H2,1-2H3,(H,12,13). The third-order valence-corrected chi connectivity index (χ3v) is 2.25. The van der Waals surface area contributed by atoms with Crippen LogP contribution in [0, 0.1) is 0 Å². The van der Waals surface area contributed by atoms with Crippen LogP contribution in [0.1, 0.15) is 25.3 Å². The molecule has 14 heavy (non-hydrogen) atoms. The first-order valence-electron chi connectivity index (χ1n) is 4.50. The van der Waals surface area contributed by atoms with Gasteiger partial charge >= 0.3 is 5.76 Å². The van der Waals surface area contributed by atoms with Gasteiger partial charge in [0.15, 0.2) is 5.58 Å². The van der Waals surface area contributed by atoms with Gasteiger partial charge < -0.3 is 10.2 Å². The Bertz CT molecular complexity index is 522. The maximum Gasteiger partial charge on any atom is 0.417 e. The van der Waals surface area contributed by atoms with Crippen molar-refractivity contribution in [2.75, 3.05) is 5.73 Å². The van der Waals surface area contributed by atoms with Crippen LogP contribution in [-0.4, -0.2) is 4.98 Å². The highest BCUT2D eigenvalue weighted by molar-refractivity contribution is 5.85. The molecular weight excluding hydrogens is 180 g/mol. The summed E-state index contributed by atoms with van der Waals surface area (Å²) in [4.78, 5) is 13.5. The number of hydrogen-bond donors (Lipinski definition) is 2. The topological polar surface area (TPSA) is 72.0 Å². The summed E-state index contributed by atoms with van der Waals surface area (Å²) < 4.78 is 4.95. The maximum absolute atomic E-state index is 10.9. The average molecular weight is 192 g/mol. The predicted molar refractivity (Wildman–Crippen MR) is 55.3 cm³/mol. The number of rotatable bonds is 1. The van der Waals surface area contributed by atoms with E-state index in [4.69, 9.17) is 10.2 Å². The molecule has 0 atom stereocenters. The number of nitrogens with one attached hydrogen (secondary N) is 1. The Morgan fingerprint density at radius 2 is 2.14 bits per heavy atom. The van der Waals surface area contributed by atoms with Gasteiger partial charge in [-0.1, -0.05) is 13.8 Å². The summed E-state index contributed by atoms with van der Waals surface area (Å²) in [6, 6.07) is 3.70. The number of aromatic nitrogens is 1. The summed E-state index contributed by atoms with van der Waals surface area (Å²) in [5.41, 5.74) is 8.51. The molecule has 0 saturated heterocycles. The first kappa shape index (κ1) is 8.87. The molecule has 0 fully saturated rings. The van der Waals surface area contributed by atoms with Crippen molar-refractivity contribution in [3.63, 3.8) is 0 Å². The maximum atomic E-state index is 10.9. The van der Waals surface area contributed by atoms with E-state index < -0.39 is 5.76 Å². The van der Waals surface area contributed by atoms with Crippen molar-refractivity contribution >= 4 is 16.8 Å². The highest BCUT2D eigenvalue weighted by Crippen LogP contribution is 2.24. The zero-order valence-corrected chi connectivity index (χ0v) is 8.13. The minimum Gasteiger partial charge on any atom is -0.408 e. The molecule has 0 radical (unpaired) electrons. The van der Waals surface area contributed by atoms with E-state index in [1.54, 1.807) is 0 Å². The lowest BCUT2D eigenvalue weighted by molar-refractivity contribution is 0.555. The summed E-state index contributed by atoms with van der Waals surface area (Å²) in [6.07, 6.45) is 0. The number of oxazole rings is 1. The molecule has 0 aliphatic carbocycles. The minimum atomic E-state index is -0.465. The SMILES string of the molecule is CC(C)c1cc(N)c2[nH]c(=O)oc2c1. The molecule has 1 aromatic carbocycles. The molecule has 0 aliphatic heterocycles. The minimum absolute atomic E-state index is 0.363. The summed E-state index contributed by atoms with van der Waals surface area (Å²) in [5, 5.41) is 0. The lowest BCUT2D eigenvalue weighted by atomic mass is 10.0. The van der Waals surface area contributed by atoms with Crippen molar-refractivity contribution in [2.24, 2.45) is 0 Å². The first-order valence-corrected chi connectivity index (χ1v) is 4.50. The second-order valence-corrected chi connectivity index (χ2v) is 3.65. The van der Waals surface area contributed by atoms with Crippen LogP contribution in [-0.2, 0) is 0 Å². The molecule has 4 heteroatoms. The van der Waals surface area contributed by atoms with E-state index in [9.17, 15) is 4.79 Å². The Hall–Kier alpha value is -1.71. The first-order chi connectivity index (χ1) is 6.58. The third-order valence-electron chi connectivity index (χ3n) is 2.25. The Balaban J connectivity index is 2.77. The number of nitrogen functional groups attached to an aromatic ring is 1. The Morgan fingerprint density at radius 1 is 1.43 bits per heavy atom. The van der Waals surface area contributed by atoms with Crippen LogP contribution < -0.4 is 11.5 Å². The fraction of sp³-hybridized carbons (Fsp3) is 0.300. The van der Waals surface area contributed by atoms with Crippen LogP contribution >= 0.6 is 0 Å². The van der Waals surface area contributed by atoms with Crippen molar-refractivity contribution in [3.8, 4) is 0 Å². The van der Waals surface area contributed by atoms with Gasteiger partial charge in [0.25, 0.3) is 0 Å². The van der Waals surface area contributed by atoms with E-state index in [0.29, 0.717) is 22.7 Å². The summed E-state index contributed by atoms with van der Waals surface area (Å²) in [7, 11) is 0. The van der Waals surface area contributed by atoms with Crippen LogP contribution in [0.5, 0.6) is 0 Å². The Labute approximate surface area is 80.7 Å². The van der Waals surface area contributed by atoms with Crippen molar-refractivity contribution in [3.05, 3.63) is 28.2 Å². The van der Waals surface area contributed by atoms with Crippen LogP contribution in [0.25, 0.3) is 11.1 Å². The second-order valence-electron chi connectivity index (χ2n) is 3.65. The zero-order chi connectivity index (χ0) is 10.3. The molecule has 0 bridgehead atoms. The monoisotopic (exact) mass is 192 g/mol. The second kappa shape index (κ2) is 2.90. The number of benzene rings is 1. The molecular formula is C10H12N2O2. The van der Waals surface area contributed by atoms with Crippen molar-refractivity contribution in [2.45, 2.75) is 19.8 Å². The molecule has 1 aromatic heterocycles. The van der Waals surface area contributed by atoms with Gasteiger partial charge in [-0.2, -0.15) is 0 Å². The van der Waals surface area contributed by atoms with E-state index in [0.717, 1.165) is 5.56 Å². The molecule has 2 rings (SSSR count). The number of anilines is 1. The summed E-state index contributed by atoms with van der Waals surface area (Å²) in [6.45, 7) is 4.12. The number of fused-ring (bicyclic) bond motifs is 1. The fourth-order valence-electron chi connectivity index (χ4n) is 1.43. The van der Waals surface area contributed by atoms with Gasteiger partial charge in [0.05, 0.1) is 5.69 Å². The fourth-order valence-corrected chi connectivity index (χ4v) is 1.43. The van der Waals surface area contributed by atoms with Gasteiger partial charge in [0, 0.05) is 0 Å². The molecule has 0 amide bonds. The van der Waals surface area contributed by atoms with Crippen molar-refractivity contribution in [1.29, 1.82) is 0 Å². The summed E-state index contributed by atoms with van der Waals surface area (Å²) in [5.74, 6) is -0.102. The molecule has 1 heterocycles. The van der Waals surface area contributed by atoms with Crippen LogP contribution in [0.4, 0.5) is 5.69 Å². The highest BCUT2D eigenvalue weighted by atomic mass is 16.4. The van der Waals surface area contributed by atoms with Crippen molar-refractivity contribution < 1.29 is 4.42 Å². The smallest absolute Gasteiger partial charge is 0.408 e. The van der Waals surface area contributed by atoms with Crippen LogP contribution in [0.3, 0.4) is 0 Å². The van der Waals surface area contributed by atoms with Gasteiger partial charge in [-0.05, 0) is 23.6 Å². The average Bonchev–Trinajstić information content (AvgIpc) is 2.45. The Morgan fingerprint density at radius 3 is 2.79 bits per heavy atom. The van der Waals surface area contributed by atoms with Gasteiger partial charge in [-0.25, -0.2) is 4.79 Å². The molecule has 3 N–H and O–H groups in total. The molecule has 2 aromatic rings. The molecule has 0 unspecified atom stereocenters. The lowest BCUT2D eigenvalue weighted by Crippen LogP contribution is -1.95. The number of aromatic amines is 1. The number of hydrogen-bond acceptors (Lipinski definition) is 3. The van der Waals surface area contributed by atoms with E-state index >= 15 is 0 Å². The van der Waals surface area contributed by atoms with E-state index in [1.165, 1.54) is 0 Å². The van der Waals surface area contributed by atoms with Gasteiger partial charge in [-0.15, -0.1) is 0 Å². The normalized spacial score (nSPS) is 11.4. The van der Waals surface area contributed by atoms with Crippen LogP contribution in [0.2, 0.25) is 0 Å². The highest BCUT2D eigenvalue weighted by Gasteiger charge is 2.08. The largest absolute Gasteiger partial charge is 0.417 e. The van der Waals surface area contributed by atoms with Crippen LogP contribution in [0.15, 0.2) is 21.3 Å². The summed E-state index contributed by atoms with van der Waals surface area (Å²) >= 11 is 0. The number of nitrogens with two attached hydrogens (primary N) is 1. The van der Waals surface area contributed by atoms with E-state index in [2.05, 4.69) is 18.8 Å². The zero-order valence-electron chi connectivity index (χ0n) is 8.13. The number of H-pyrrole nitrogens is 1. The third kappa shape index (κ3) is 1.28. The van der Waals surface area contributed by atoms with Gasteiger partial charge in [0.1, 0.15) is 5.52 Å².